The van der Waals surface area contributed by atoms with Crippen LogP contribution in [0.4, 0.5) is 0 Å². The predicted octanol–water partition coefficient (Wildman–Crippen LogP) is 3.80. The van der Waals surface area contributed by atoms with Crippen molar-refractivity contribution in [3.8, 4) is 11.5 Å². The lowest BCUT2D eigenvalue weighted by molar-refractivity contribution is 0.155. The smallest absolute Gasteiger partial charge is 0.191 e. The Hall–Kier alpha value is -1.26. The molecule has 0 atom stereocenters. The average Bonchev–Trinajstić information content (AvgIpc) is 3.31. The van der Waals surface area contributed by atoms with Crippen LogP contribution in [-0.4, -0.2) is 70.5 Å². The summed E-state index contributed by atoms with van der Waals surface area (Å²) in [6.45, 7) is 4.84. The number of benzene rings is 1. The molecule has 1 aliphatic carbocycles. The zero-order chi connectivity index (χ0) is 21.9. The zero-order valence-electron chi connectivity index (χ0n) is 19.9. The van der Waals surface area contributed by atoms with Gasteiger partial charge in [0.15, 0.2) is 17.5 Å². The number of hydrogen-bond donors (Lipinski definition) is 2. The predicted molar refractivity (Wildman–Crippen MR) is 141 cm³/mol. The van der Waals surface area contributed by atoms with Gasteiger partial charge in [-0.2, -0.15) is 0 Å². The Labute approximate surface area is 210 Å². The van der Waals surface area contributed by atoms with E-state index in [9.17, 15) is 0 Å². The largest absolute Gasteiger partial charge is 0.493 e. The number of likely N-dealkylation sites (tertiary alicyclic amines) is 1. The highest BCUT2D eigenvalue weighted by Gasteiger charge is 2.22. The van der Waals surface area contributed by atoms with E-state index in [1.54, 1.807) is 14.2 Å². The Morgan fingerprint density at radius 2 is 1.88 bits per heavy atom. The number of aliphatic imine (C=N–C) groups is 1. The summed E-state index contributed by atoms with van der Waals surface area (Å²) in [7, 11) is 5.30. The van der Waals surface area contributed by atoms with Crippen LogP contribution in [0.25, 0.3) is 0 Å². The summed E-state index contributed by atoms with van der Waals surface area (Å²) < 4.78 is 17.1. The molecule has 2 fully saturated rings. The molecule has 0 bridgehead atoms. The van der Waals surface area contributed by atoms with E-state index in [2.05, 4.69) is 26.6 Å². The quantitative estimate of drug-likeness (QED) is 0.197. The third-order valence-electron chi connectivity index (χ3n) is 6.29. The van der Waals surface area contributed by atoms with E-state index >= 15 is 0 Å². The van der Waals surface area contributed by atoms with Crippen molar-refractivity contribution in [1.29, 1.82) is 0 Å². The van der Waals surface area contributed by atoms with E-state index in [0.29, 0.717) is 18.7 Å². The summed E-state index contributed by atoms with van der Waals surface area (Å²) in [5.74, 6) is 2.51. The molecule has 2 N–H and O–H groups in total. The van der Waals surface area contributed by atoms with E-state index in [4.69, 9.17) is 14.2 Å². The molecule has 182 valence electrons. The van der Waals surface area contributed by atoms with Gasteiger partial charge in [-0.1, -0.05) is 12.1 Å². The van der Waals surface area contributed by atoms with E-state index in [0.717, 1.165) is 81.4 Å². The maximum Gasteiger partial charge on any atom is 0.191 e. The number of methoxy groups -OCH3 is 2. The molecular formula is C24H41IN4O3. The minimum atomic E-state index is 0. The summed E-state index contributed by atoms with van der Waals surface area (Å²) in [5.41, 5.74) is 1.10. The molecule has 1 aliphatic heterocycles. The molecule has 1 aromatic rings. The lowest BCUT2D eigenvalue weighted by Crippen LogP contribution is -2.48. The molecule has 2 aliphatic rings. The van der Waals surface area contributed by atoms with Crippen molar-refractivity contribution in [3.63, 3.8) is 0 Å². The summed E-state index contributed by atoms with van der Waals surface area (Å²) >= 11 is 0. The molecule has 0 radical (unpaired) electrons. The maximum absolute atomic E-state index is 6.36. The summed E-state index contributed by atoms with van der Waals surface area (Å²) in [6.07, 6.45) is 8.39. The molecule has 0 spiro atoms. The zero-order valence-corrected chi connectivity index (χ0v) is 22.2. The van der Waals surface area contributed by atoms with Gasteiger partial charge in [0.1, 0.15) is 0 Å². The number of piperidine rings is 1. The highest BCUT2D eigenvalue weighted by atomic mass is 127. The molecule has 7 nitrogen and oxygen atoms in total. The van der Waals surface area contributed by atoms with Crippen LogP contribution >= 0.6 is 24.0 Å². The summed E-state index contributed by atoms with van der Waals surface area (Å²) in [4.78, 5) is 6.97. The molecule has 32 heavy (non-hydrogen) atoms. The van der Waals surface area contributed by atoms with Crippen molar-refractivity contribution in [2.45, 2.75) is 63.6 Å². The first-order valence-corrected chi connectivity index (χ1v) is 11.7. The van der Waals surface area contributed by atoms with Gasteiger partial charge in [0.05, 0.1) is 13.2 Å². The summed E-state index contributed by atoms with van der Waals surface area (Å²) in [5, 5.41) is 7.08. The Balaban J connectivity index is 0.00000363. The van der Waals surface area contributed by atoms with Crippen LogP contribution in [0.5, 0.6) is 11.5 Å². The fraction of sp³-hybridized carbons (Fsp3) is 0.708. The number of para-hydroxylation sites is 1. The van der Waals surface area contributed by atoms with Crippen molar-refractivity contribution in [3.05, 3.63) is 23.8 Å². The summed E-state index contributed by atoms with van der Waals surface area (Å²) in [6, 6.07) is 6.55. The van der Waals surface area contributed by atoms with E-state index in [1.807, 2.05) is 19.2 Å². The molecular weight excluding hydrogens is 519 g/mol. The van der Waals surface area contributed by atoms with Gasteiger partial charge in [-0.15, -0.1) is 24.0 Å². The molecule has 0 amide bonds. The Morgan fingerprint density at radius 1 is 1.12 bits per heavy atom. The van der Waals surface area contributed by atoms with Crippen molar-refractivity contribution in [2.24, 2.45) is 4.99 Å². The van der Waals surface area contributed by atoms with Crippen LogP contribution < -0.4 is 20.1 Å². The van der Waals surface area contributed by atoms with Crippen molar-refractivity contribution >= 4 is 29.9 Å². The first-order chi connectivity index (χ1) is 15.2. The molecule has 0 unspecified atom stereocenters. The first kappa shape index (κ1) is 27.0. The van der Waals surface area contributed by atoms with Gasteiger partial charge in [0.25, 0.3) is 0 Å². The van der Waals surface area contributed by atoms with E-state index in [1.165, 1.54) is 12.8 Å². The molecule has 3 rings (SSSR count). The molecule has 8 heteroatoms. The van der Waals surface area contributed by atoms with E-state index < -0.39 is 0 Å². The fourth-order valence-corrected chi connectivity index (χ4v) is 4.47. The van der Waals surface area contributed by atoms with Gasteiger partial charge in [0, 0.05) is 58.5 Å². The van der Waals surface area contributed by atoms with Crippen molar-refractivity contribution in [1.82, 2.24) is 15.5 Å². The number of guanidine groups is 1. The number of halogens is 1. The van der Waals surface area contributed by atoms with Gasteiger partial charge in [-0.25, -0.2) is 0 Å². The number of ether oxygens (including phenoxy) is 3. The van der Waals surface area contributed by atoms with Gasteiger partial charge < -0.3 is 29.7 Å². The first-order valence-electron chi connectivity index (χ1n) is 11.7. The van der Waals surface area contributed by atoms with Crippen LogP contribution in [0.2, 0.25) is 0 Å². The Bertz CT molecular complexity index is 690. The van der Waals surface area contributed by atoms with Crippen molar-refractivity contribution in [2.75, 3.05) is 47.5 Å². The normalized spacial score (nSPS) is 18.3. The second kappa shape index (κ2) is 14.8. The lowest BCUT2D eigenvalue weighted by atomic mass is 10.1. The van der Waals surface area contributed by atoms with Gasteiger partial charge in [-0.05, 0) is 51.0 Å². The van der Waals surface area contributed by atoms with Crippen LogP contribution in [0, 0.1) is 0 Å². The van der Waals surface area contributed by atoms with Gasteiger partial charge >= 0.3 is 0 Å². The second-order valence-corrected chi connectivity index (χ2v) is 8.51. The molecule has 1 saturated carbocycles. The van der Waals surface area contributed by atoms with Gasteiger partial charge in [-0.3, -0.25) is 4.99 Å². The SMILES string of the molecule is CN=C(NCc1cccc(OC)c1OC1CCCC1)NC1CCN(CCCOC)CC1.I. The molecule has 1 aromatic carbocycles. The van der Waals surface area contributed by atoms with Crippen LogP contribution in [0.1, 0.15) is 50.5 Å². The van der Waals surface area contributed by atoms with Crippen LogP contribution in [-0.2, 0) is 11.3 Å². The monoisotopic (exact) mass is 560 g/mol. The maximum atomic E-state index is 6.36. The number of hydrogen-bond acceptors (Lipinski definition) is 5. The second-order valence-electron chi connectivity index (χ2n) is 8.51. The minimum Gasteiger partial charge on any atom is -0.493 e. The van der Waals surface area contributed by atoms with Gasteiger partial charge in [0.2, 0.25) is 0 Å². The molecule has 0 aromatic heterocycles. The third-order valence-corrected chi connectivity index (χ3v) is 6.29. The van der Waals surface area contributed by atoms with Crippen LogP contribution in [0.15, 0.2) is 23.2 Å². The number of nitrogens with zero attached hydrogens (tertiary/aromatic N) is 2. The average molecular weight is 561 g/mol. The van der Waals surface area contributed by atoms with Crippen molar-refractivity contribution < 1.29 is 14.2 Å². The highest BCUT2D eigenvalue weighted by molar-refractivity contribution is 14.0. The van der Waals surface area contributed by atoms with Crippen LogP contribution in [0.3, 0.4) is 0 Å². The topological polar surface area (TPSA) is 67.4 Å². The van der Waals surface area contributed by atoms with E-state index in [-0.39, 0.29) is 24.0 Å². The Morgan fingerprint density at radius 3 is 2.53 bits per heavy atom. The molecule has 1 heterocycles. The fourth-order valence-electron chi connectivity index (χ4n) is 4.47. The number of rotatable bonds is 10. The highest BCUT2D eigenvalue weighted by Crippen LogP contribution is 2.34. The Kier molecular flexibility index (Phi) is 12.5. The third kappa shape index (κ3) is 8.26. The minimum absolute atomic E-state index is 0. The number of nitrogens with one attached hydrogen (secondary N) is 2. The lowest BCUT2D eigenvalue weighted by Gasteiger charge is -2.33. The molecule has 1 saturated heterocycles. The standard InChI is InChI=1S/C24H40N4O3.HI/c1-25-24(27-20-12-15-28(16-13-20)14-7-17-29-2)26-18-19-8-6-11-22(30-3)23(19)31-21-9-4-5-10-21;/h6,8,11,20-21H,4-5,7,9-10,12-18H2,1-3H3,(H2,25,26,27);1H.